The van der Waals surface area contributed by atoms with Crippen LogP contribution in [0.15, 0.2) is 60.7 Å². The second-order valence-corrected chi connectivity index (χ2v) is 14.3. The van der Waals surface area contributed by atoms with Crippen LogP contribution < -0.4 is 0 Å². The Morgan fingerprint density at radius 3 is 1.00 bits per heavy atom. The van der Waals surface area contributed by atoms with Gasteiger partial charge in [-0.05, 0) is 60.7 Å². The van der Waals surface area contributed by atoms with E-state index in [4.69, 9.17) is 4.74 Å². The number of aliphatic hydroxyl groups excluding tert-OH is 1. The summed E-state index contributed by atoms with van der Waals surface area (Å²) >= 11 is 0. The molecule has 0 heterocycles. The van der Waals surface area contributed by atoms with Gasteiger partial charge in [-0.3, -0.25) is 24.0 Å². The molecule has 0 fully saturated rings. The van der Waals surface area contributed by atoms with Crippen molar-refractivity contribution in [3.05, 3.63) is 88.5 Å². The first-order valence-corrected chi connectivity index (χ1v) is 18.0. The van der Waals surface area contributed by atoms with E-state index < -0.39 is 178 Å². The highest BCUT2D eigenvalue weighted by molar-refractivity contribution is 6.52. The van der Waals surface area contributed by atoms with Crippen LogP contribution in [0.3, 0.4) is 0 Å². The van der Waals surface area contributed by atoms with Gasteiger partial charge in [0, 0.05) is 22.3 Å². The van der Waals surface area contributed by atoms with Crippen molar-refractivity contribution in [2.75, 3.05) is 6.61 Å². The summed E-state index contributed by atoms with van der Waals surface area (Å²) < 4.78 is 4.82. The number of Topliss-reactive ketones (excluding diaryl/α,β-unsaturated/α-hetero) is 5. The van der Waals surface area contributed by atoms with Crippen molar-refractivity contribution >= 4 is 34.9 Å². The van der Waals surface area contributed by atoms with E-state index in [-0.39, 0.29) is 48.5 Å². The minimum absolute atomic E-state index is 0.0209. The Kier molecular flexibility index (Phi) is 12.4. The van der Waals surface area contributed by atoms with Crippen LogP contribution in [0.5, 0.6) is 86.2 Å². The number of ketones is 5. The molecule has 0 amide bonds. The van der Waals surface area contributed by atoms with Crippen LogP contribution in [0.25, 0.3) is 0 Å². The number of ether oxygens (including phenoxy) is 1. The van der Waals surface area contributed by atoms with Gasteiger partial charge in [0.15, 0.2) is 91.8 Å². The molecule has 19 N–H and O–H groups in total. The van der Waals surface area contributed by atoms with Crippen molar-refractivity contribution in [1.82, 2.24) is 0 Å². The fourth-order valence-corrected chi connectivity index (χ4v) is 6.56. The van der Waals surface area contributed by atoms with Gasteiger partial charge in [0.1, 0.15) is 12.7 Å². The molecule has 0 aromatic heterocycles. The Morgan fingerprint density at radius 1 is 0.403 bits per heavy atom. The lowest BCUT2D eigenvalue weighted by atomic mass is 9.58. The average molecular weight is 941 g/mol. The maximum Gasteiger partial charge on any atom is 0.338 e. The number of carbonyl (C=O) groups excluding carboxylic acids is 6. The van der Waals surface area contributed by atoms with Crippen LogP contribution in [0.1, 0.15) is 51.8 Å². The Morgan fingerprint density at radius 2 is 0.672 bits per heavy atom. The standard InChI is InChI=1S/C41H32O26/c42-17-1-12(2-18(43)29(17)54)28(53)37(62)40(65,35(60)14-5-21(46)31(56)22(47)6-14)41(66,36(61)15-7-23(48)32(57)24(49)8-15)39(64,34(59)13-3-19(44)30(55)20(45)4-13)27(52)11-67-38(63)16-9-25(50)33(58)26(51)10-16/h1-10,27,42-52,54-58,64-66H,11H2/t27-,39+,40+,41+/m1/s1. The van der Waals surface area contributed by atoms with Gasteiger partial charge < -0.3 is 102 Å². The van der Waals surface area contributed by atoms with Crippen LogP contribution in [0.2, 0.25) is 0 Å². The van der Waals surface area contributed by atoms with E-state index in [1.54, 1.807) is 0 Å². The molecular formula is C41H32O26. The lowest BCUT2D eigenvalue weighted by Gasteiger charge is -2.49. The van der Waals surface area contributed by atoms with Gasteiger partial charge >= 0.3 is 5.97 Å². The number of hydrogen-bond acceptors (Lipinski definition) is 26. The smallest absolute Gasteiger partial charge is 0.338 e. The molecule has 26 heteroatoms. The van der Waals surface area contributed by atoms with Crippen LogP contribution in [0, 0.1) is 0 Å². The van der Waals surface area contributed by atoms with Gasteiger partial charge in [-0.25, -0.2) is 4.79 Å². The second kappa shape index (κ2) is 17.0. The summed E-state index contributed by atoms with van der Waals surface area (Å²) in [4.78, 5) is 86.8. The molecule has 0 saturated carbocycles. The third kappa shape index (κ3) is 7.80. The summed E-state index contributed by atoms with van der Waals surface area (Å²) in [5.41, 5.74) is -23.3. The van der Waals surface area contributed by atoms with Gasteiger partial charge in [0.2, 0.25) is 40.1 Å². The van der Waals surface area contributed by atoms with Crippen molar-refractivity contribution in [3.8, 4) is 86.2 Å². The van der Waals surface area contributed by atoms with E-state index in [9.17, 15) is 121 Å². The molecule has 0 aliphatic heterocycles. The zero-order valence-electron chi connectivity index (χ0n) is 32.9. The molecule has 0 aliphatic rings. The van der Waals surface area contributed by atoms with Crippen LogP contribution in [-0.2, 0) is 9.53 Å². The van der Waals surface area contributed by atoms with E-state index in [1.807, 2.05) is 0 Å². The molecule has 0 unspecified atom stereocenters. The summed E-state index contributed by atoms with van der Waals surface area (Å²) in [6.45, 7) is -2.09. The Balaban J connectivity index is 1.97. The highest BCUT2D eigenvalue weighted by Gasteiger charge is 2.78. The van der Waals surface area contributed by atoms with Gasteiger partial charge in [-0.2, -0.15) is 0 Å². The number of carbonyl (C=O) groups is 6. The number of phenols is 15. The second-order valence-electron chi connectivity index (χ2n) is 14.3. The fraction of sp³-hybridized carbons (Fsp3) is 0.122. The van der Waals surface area contributed by atoms with Crippen molar-refractivity contribution < 1.29 is 131 Å². The molecule has 0 saturated heterocycles. The molecule has 0 bridgehead atoms. The summed E-state index contributed by atoms with van der Waals surface area (Å²) in [5.74, 6) is -36.9. The molecule has 26 nitrogen and oxygen atoms in total. The SMILES string of the molecule is O=C(OC[C@@H](O)[C@](O)(C(=O)c1cc(O)c(O)c(O)c1)[C@@](O)(C(=O)c1cc(O)c(O)c(O)c1)[C@@](O)(C(=O)C(=O)c1cc(O)c(O)c(O)c1)C(=O)c1cc(O)c(O)c(O)c1)c1cc(O)c(O)c(O)c1. The Hall–Kier alpha value is -9.24. The third-order valence-corrected chi connectivity index (χ3v) is 10.1. The largest absolute Gasteiger partial charge is 0.504 e. The molecular weight excluding hydrogens is 908 g/mol. The number of benzene rings is 5. The lowest BCUT2D eigenvalue weighted by molar-refractivity contribution is -0.212. The molecule has 0 spiro atoms. The summed E-state index contributed by atoms with van der Waals surface area (Å²) in [7, 11) is 0. The van der Waals surface area contributed by atoms with E-state index in [1.165, 1.54) is 0 Å². The van der Waals surface area contributed by atoms with Gasteiger partial charge in [0.25, 0.3) is 0 Å². The van der Waals surface area contributed by atoms with Crippen molar-refractivity contribution in [1.29, 1.82) is 0 Å². The first-order chi connectivity index (χ1) is 31.0. The molecule has 5 rings (SSSR count). The van der Waals surface area contributed by atoms with Crippen LogP contribution >= 0.6 is 0 Å². The number of aromatic hydroxyl groups is 15. The quantitative estimate of drug-likeness (QED) is 0.0198. The van der Waals surface area contributed by atoms with Crippen molar-refractivity contribution in [3.63, 3.8) is 0 Å². The minimum Gasteiger partial charge on any atom is -0.504 e. The van der Waals surface area contributed by atoms with Crippen molar-refractivity contribution in [2.45, 2.75) is 22.9 Å². The van der Waals surface area contributed by atoms with Gasteiger partial charge in [0.05, 0.1) is 5.56 Å². The van der Waals surface area contributed by atoms with Crippen LogP contribution in [0.4, 0.5) is 0 Å². The molecule has 0 radical (unpaired) electrons. The monoisotopic (exact) mass is 940 g/mol. The highest BCUT2D eigenvalue weighted by Crippen LogP contribution is 2.48. The van der Waals surface area contributed by atoms with Crippen LogP contribution in [-0.4, -0.2) is 161 Å². The molecule has 0 aliphatic carbocycles. The van der Waals surface area contributed by atoms with E-state index in [0.717, 1.165) is 0 Å². The number of aliphatic hydroxyl groups is 4. The van der Waals surface area contributed by atoms with Gasteiger partial charge in [-0.15, -0.1) is 0 Å². The average Bonchev–Trinajstić information content (AvgIpc) is 3.28. The maximum atomic E-state index is 15.1. The lowest BCUT2D eigenvalue weighted by Crippen LogP contribution is -2.82. The minimum atomic E-state index is -5.54. The van der Waals surface area contributed by atoms with Gasteiger partial charge in [-0.1, -0.05) is 0 Å². The molecule has 67 heavy (non-hydrogen) atoms. The Bertz CT molecular complexity index is 2840. The third-order valence-electron chi connectivity index (χ3n) is 10.1. The summed E-state index contributed by atoms with van der Waals surface area (Å²) in [6, 6.07) is 1.39. The highest BCUT2D eigenvalue weighted by atomic mass is 16.5. The predicted octanol–water partition coefficient (Wildman–Crippen LogP) is -0.918. The molecule has 4 atom stereocenters. The first kappa shape index (κ1) is 48.8. The number of phenolic OH excluding ortho intramolecular Hbond substituents is 15. The zero-order chi connectivity index (χ0) is 50.6. The molecule has 5 aromatic rings. The summed E-state index contributed by atoms with van der Waals surface area (Å²) in [5, 5.41) is 202. The van der Waals surface area contributed by atoms with E-state index >= 15 is 4.79 Å². The summed E-state index contributed by atoms with van der Waals surface area (Å²) in [6.07, 6.45) is -3.72. The maximum absolute atomic E-state index is 15.1. The Labute approximate surface area is 369 Å². The number of hydrogen-bond donors (Lipinski definition) is 19. The molecule has 5 aromatic carbocycles. The van der Waals surface area contributed by atoms with Crippen molar-refractivity contribution in [2.24, 2.45) is 0 Å². The zero-order valence-corrected chi connectivity index (χ0v) is 32.9. The topological polar surface area (TPSA) is 496 Å². The first-order valence-electron chi connectivity index (χ1n) is 18.0. The number of esters is 1. The fourth-order valence-electron chi connectivity index (χ4n) is 6.56. The normalized spacial score (nSPS) is 14.4. The molecule has 352 valence electrons. The predicted molar refractivity (Wildman–Crippen MR) is 211 cm³/mol. The van der Waals surface area contributed by atoms with E-state index in [0.29, 0.717) is 12.1 Å². The van der Waals surface area contributed by atoms with E-state index in [2.05, 4.69) is 0 Å². The number of rotatable bonds is 15.